The Hall–Kier alpha value is -2.12. The van der Waals surface area contributed by atoms with Gasteiger partial charge in [0.2, 0.25) is 5.91 Å². The Bertz CT molecular complexity index is 606. The minimum Gasteiger partial charge on any atom is -0.326 e. The van der Waals surface area contributed by atoms with Crippen molar-refractivity contribution in [3.63, 3.8) is 0 Å². The normalized spacial score (nSPS) is 18.9. The lowest BCUT2D eigenvalue weighted by Gasteiger charge is -2.17. The molecule has 8 heteroatoms. The molecule has 2 rings (SSSR count). The fourth-order valence-corrected chi connectivity index (χ4v) is 2.30. The van der Waals surface area contributed by atoms with Gasteiger partial charge >= 0.3 is 6.03 Å². The minimum atomic E-state index is -0.554. The highest BCUT2D eigenvalue weighted by Crippen LogP contribution is 2.14. The molecule has 1 aromatic carbocycles. The number of carbonyl (C=O) groups excluding carboxylic acids is 3. The van der Waals surface area contributed by atoms with Crippen LogP contribution in [0.1, 0.15) is 25.8 Å². The van der Waals surface area contributed by atoms with E-state index < -0.39 is 18.1 Å². The summed E-state index contributed by atoms with van der Waals surface area (Å²) >= 11 is 0. The van der Waals surface area contributed by atoms with Crippen LogP contribution in [0.4, 0.5) is 10.5 Å². The molecule has 1 aromatic rings. The predicted molar refractivity (Wildman–Crippen MR) is 93.9 cm³/mol. The van der Waals surface area contributed by atoms with Crippen molar-refractivity contribution in [3.05, 3.63) is 29.8 Å². The summed E-state index contributed by atoms with van der Waals surface area (Å²) in [5.41, 5.74) is 7.43. The van der Waals surface area contributed by atoms with E-state index in [0.717, 1.165) is 12.0 Å². The molecule has 24 heavy (non-hydrogen) atoms. The van der Waals surface area contributed by atoms with E-state index in [1.165, 1.54) is 0 Å². The third-order valence-corrected chi connectivity index (χ3v) is 4.08. The number of urea groups is 1. The van der Waals surface area contributed by atoms with Crippen molar-refractivity contribution < 1.29 is 14.4 Å². The number of hydrogen-bond donors (Lipinski definition) is 4. The molecule has 1 fully saturated rings. The number of halogens is 1. The molecule has 1 aliphatic heterocycles. The third-order valence-electron chi connectivity index (χ3n) is 4.08. The van der Waals surface area contributed by atoms with Crippen LogP contribution in [0.15, 0.2) is 24.3 Å². The Kier molecular flexibility index (Phi) is 7.18. The molecule has 3 unspecified atom stereocenters. The Labute approximate surface area is 147 Å². The smallest absolute Gasteiger partial charge is 0.322 e. The molecular weight excluding hydrogens is 332 g/mol. The predicted octanol–water partition coefficient (Wildman–Crippen LogP) is 1.17. The van der Waals surface area contributed by atoms with Crippen LogP contribution in [-0.2, 0) is 16.0 Å². The van der Waals surface area contributed by atoms with Crippen molar-refractivity contribution in [2.45, 2.75) is 38.8 Å². The maximum absolute atomic E-state index is 12.0. The van der Waals surface area contributed by atoms with Crippen molar-refractivity contribution in [3.8, 4) is 0 Å². The Morgan fingerprint density at radius 2 is 1.92 bits per heavy atom. The van der Waals surface area contributed by atoms with Crippen molar-refractivity contribution in [2.24, 2.45) is 11.7 Å². The fraction of sp³-hybridized carbons (Fsp3) is 0.438. The molecule has 1 saturated heterocycles. The lowest BCUT2D eigenvalue weighted by Crippen LogP contribution is -2.40. The second-order valence-corrected chi connectivity index (χ2v) is 5.82. The molecule has 132 valence electrons. The zero-order valence-electron chi connectivity index (χ0n) is 13.7. The standard InChI is InChI=1S/C16H22N4O3.ClH/c1-3-9(2)13(17)15(22)18-11-6-4-10(5-7-11)8-12-14(21)20-16(23)19-12;/h4-7,9,12-13H,3,8,17H2,1-2H3,(H,18,22)(H2,19,20,21,23);1H. The van der Waals surface area contributed by atoms with E-state index in [2.05, 4.69) is 16.0 Å². The van der Waals surface area contributed by atoms with Gasteiger partial charge in [0.25, 0.3) is 5.91 Å². The number of rotatable bonds is 6. The highest BCUT2D eigenvalue weighted by Gasteiger charge is 2.29. The van der Waals surface area contributed by atoms with E-state index in [9.17, 15) is 14.4 Å². The minimum absolute atomic E-state index is 0. The highest BCUT2D eigenvalue weighted by atomic mass is 35.5. The van der Waals surface area contributed by atoms with Crippen molar-refractivity contribution in [2.75, 3.05) is 5.32 Å². The molecule has 0 aliphatic carbocycles. The van der Waals surface area contributed by atoms with E-state index in [-0.39, 0.29) is 30.1 Å². The van der Waals surface area contributed by atoms with Crippen molar-refractivity contribution in [1.82, 2.24) is 10.6 Å². The molecule has 7 nitrogen and oxygen atoms in total. The van der Waals surface area contributed by atoms with Gasteiger partial charge in [-0.1, -0.05) is 32.4 Å². The maximum atomic E-state index is 12.0. The third kappa shape index (κ3) is 4.94. The summed E-state index contributed by atoms with van der Waals surface area (Å²) in [4.78, 5) is 34.6. The van der Waals surface area contributed by atoms with Crippen LogP contribution in [0.5, 0.6) is 0 Å². The molecule has 3 atom stereocenters. The topological polar surface area (TPSA) is 113 Å². The Balaban J connectivity index is 0.00000288. The monoisotopic (exact) mass is 354 g/mol. The van der Waals surface area contributed by atoms with Crippen LogP contribution < -0.4 is 21.7 Å². The van der Waals surface area contributed by atoms with Crippen molar-refractivity contribution in [1.29, 1.82) is 0 Å². The van der Waals surface area contributed by atoms with Gasteiger partial charge in [-0.3, -0.25) is 14.9 Å². The number of carbonyl (C=O) groups is 3. The highest BCUT2D eigenvalue weighted by molar-refractivity contribution is 6.04. The van der Waals surface area contributed by atoms with Gasteiger partial charge in [0.05, 0.1) is 6.04 Å². The zero-order valence-corrected chi connectivity index (χ0v) is 14.5. The average Bonchev–Trinajstić information content (AvgIpc) is 2.85. The van der Waals surface area contributed by atoms with Gasteiger partial charge in [-0.25, -0.2) is 4.79 Å². The average molecular weight is 355 g/mol. The van der Waals surface area contributed by atoms with E-state index in [1.807, 2.05) is 26.0 Å². The Morgan fingerprint density at radius 1 is 1.29 bits per heavy atom. The lowest BCUT2D eigenvalue weighted by molar-refractivity contribution is -0.120. The molecule has 1 aliphatic rings. The fourth-order valence-electron chi connectivity index (χ4n) is 2.30. The molecule has 0 saturated carbocycles. The molecule has 0 spiro atoms. The first kappa shape index (κ1) is 19.9. The van der Waals surface area contributed by atoms with Gasteiger partial charge in [0.15, 0.2) is 0 Å². The largest absolute Gasteiger partial charge is 0.326 e. The first-order chi connectivity index (χ1) is 10.9. The number of benzene rings is 1. The summed E-state index contributed by atoms with van der Waals surface area (Å²) < 4.78 is 0. The maximum Gasteiger partial charge on any atom is 0.322 e. The van der Waals surface area contributed by atoms with E-state index in [1.54, 1.807) is 12.1 Å². The van der Waals surface area contributed by atoms with Crippen LogP contribution in [0, 0.1) is 5.92 Å². The SMILES string of the molecule is CCC(C)C(N)C(=O)Nc1ccc(CC2NC(=O)NC2=O)cc1.Cl. The molecule has 0 aromatic heterocycles. The van der Waals surface area contributed by atoms with Gasteiger partial charge in [-0.15, -0.1) is 12.4 Å². The number of anilines is 1. The summed E-state index contributed by atoms with van der Waals surface area (Å²) in [7, 11) is 0. The first-order valence-corrected chi connectivity index (χ1v) is 7.67. The van der Waals surface area contributed by atoms with Crippen LogP contribution in [0.2, 0.25) is 0 Å². The lowest BCUT2D eigenvalue weighted by atomic mass is 9.99. The molecule has 0 radical (unpaired) electrons. The number of hydrogen-bond acceptors (Lipinski definition) is 4. The van der Waals surface area contributed by atoms with Crippen LogP contribution >= 0.6 is 12.4 Å². The molecule has 1 heterocycles. The van der Waals surface area contributed by atoms with Crippen LogP contribution in [0.25, 0.3) is 0 Å². The van der Waals surface area contributed by atoms with Gasteiger partial charge in [0.1, 0.15) is 6.04 Å². The second-order valence-electron chi connectivity index (χ2n) is 5.82. The van der Waals surface area contributed by atoms with E-state index in [4.69, 9.17) is 5.73 Å². The first-order valence-electron chi connectivity index (χ1n) is 7.67. The second kappa shape index (κ2) is 8.65. The van der Waals surface area contributed by atoms with Crippen molar-refractivity contribution >= 4 is 35.9 Å². The quantitative estimate of drug-likeness (QED) is 0.574. The van der Waals surface area contributed by atoms with Gasteiger partial charge in [-0.2, -0.15) is 0 Å². The number of imide groups is 1. The zero-order chi connectivity index (χ0) is 17.0. The number of nitrogens with one attached hydrogen (secondary N) is 3. The number of amides is 4. The number of nitrogens with two attached hydrogens (primary N) is 1. The molecule has 4 amide bonds. The van der Waals surface area contributed by atoms with Crippen LogP contribution in [-0.4, -0.2) is 29.9 Å². The summed E-state index contributed by atoms with van der Waals surface area (Å²) in [6, 6.07) is 5.56. The summed E-state index contributed by atoms with van der Waals surface area (Å²) in [5, 5.41) is 7.52. The van der Waals surface area contributed by atoms with E-state index >= 15 is 0 Å². The molecule has 5 N–H and O–H groups in total. The van der Waals surface area contributed by atoms with Crippen LogP contribution in [0.3, 0.4) is 0 Å². The van der Waals surface area contributed by atoms with E-state index in [0.29, 0.717) is 12.1 Å². The summed E-state index contributed by atoms with van der Waals surface area (Å²) in [6.07, 6.45) is 1.24. The summed E-state index contributed by atoms with van der Waals surface area (Å²) in [5.74, 6) is -0.430. The molecule has 0 bridgehead atoms. The van der Waals surface area contributed by atoms with Gasteiger partial charge < -0.3 is 16.4 Å². The Morgan fingerprint density at radius 3 is 2.42 bits per heavy atom. The summed E-state index contributed by atoms with van der Waals surface area (Å²) in [6.45, 7) is 3.93. The van der Waals surface area contributed by atoms with Gasteiger partial charge in [0, 0.05) is 12.1 Å². The molecular formula is C16H23ClN4O3. The van der Waals surface area contributed by atoms with Gasteiger partial charge in [-0.05, 0) is 23.6 Å².